The van der Waals surface area contributed by atoms with Crippen LogP contribution in [0.4, 0.5) is 22.9 Å². The summed E-state index contributed by atoms with van der Waals surface area (Å²) in [5.74, 6) is -0.0386. The number of anilines is 3. The number of hydrogen-bond donors (Lipinski definition) is 4. The molecule has 0 bridgehead atoms. The number of amides is 1. The van der Waals surface area contributed by atoms with E-state index in [-0.39, 0.29) is 31.3 Å². The van der Waals surface area contributed by atoms with Crippen molar-refractivity contribution >= 4 is 40.4 Å². The first kappa shape index (κ1) is 18.4. The van der Waals surface area contributed by atoms with Crippen molar-refractivity contribution in [3.8, 4) is 0 Å². The highest BCUT2D eigenvalue weighted by atomic mass is 35.5. The molecule has 2 rings (SSSR count). The summed E-state index contributed by atoms with van der Waals surface area (Å²) < 4.78 is 0. The second-order valence-electron chi connectivity index (χ2n) is 4.90. The largest absolute Gasteiger partial charge is 0.395 e. The Balaban J connectivity index is 2.04. The van der Waals surface area contributed by atoms with E-state index in [9.17, 15) is 14.9 Å². The highest BCUT2D eigenvalue weighted by molar-refractivity contribution is 6.30. The van der Waals surface area contributed by atoms with E-state index in [1.807, 2.05) is 0 Å². The van der Waals surface area contributed by atoms with Gasteiger partial charge in [0.2, 0.25) is 5.91 Å². The van der Waals surface area contributed by atoms with E-state index in [0.29, 0.717) is 22.2 Å². The quantitative estimate of drug-likeness (QED) is 0.416. The first-order valence-corrected chi connectivity index (χ1v) is 7.66. The summed E-state index contributed by atoms with van der Waals surface area (Å²) in [6.07, 6.45) is 1.40. The number of nitro groups is 1. The van der Waals surface area contributed by atoms with Crippen molar-refractivity contribution in [2.75, 3.05) is 35.6 Å². The van der Waals surface area contributed by atoms with Crippen molar-refractivity contribution in [1.29, 1.82) is 0 Å². The molecule has 1 aromatic heterocycles. The molecule has 0 spiro atoms. The Morgan fingerprint density at radius 1 is 1.24 bits per heavy atom. The first-order chi connectivity index (χ1) is 12.0. The van der Waals surface area contributed by atoms with Gasteiger partial charge in [0.1, 0.15) is 5.82 Å². The topological polar surface area (TPSA) is 129 Å². The number of nitrogens with zero attached hydrogens (tertiary/aromatic N) is 2. The first-order valence-electron chi connectivity index (χ1n) is 7.28. The lowest BCUT2D eigenvalue weighted by atomic mass is 10.2. The molecular weight excluding hydrogens is 350 g/mol. The van der Waals surface area contributed by atoms with Crippen molar-refractivity contribution in [1.82, 2.24) is 4.98 Å². The van der Waals surface area contributed by atoms with E-state index in [0.717, 1.165) is 0 Å². The third kappa shape index (κ3) is 5.59. The number of hydrogen-bond acceptors (Lipinski definition) is 7. The van der Waals surface area contributed by atoms with Gasteiger partial charge in [-0.15, -0.1) is 0 Å². The van der Waals surface area contributed by atoms with Crippen LogP contribution in [0.2, 0.25) is 5.02 Å². The molecule has 4 N–H and O–H groups in total. The van der Waals surface area contributed by atoms with Crippen molar-refractivity contribution in [3.05, 3.63) is 51.7 Å². The fraction of sp³-hybridized carbons (Fsp3) is 0.200. The minimum Gasteiger partial charge on any atom is -0.395 e. The van der Waals surface area contributed by atoms with Crippen LogP contribution >= 0.6 is 11.6 Å². The number of rotatable bonds is 8. The SMILES string of the molecule is O=C(CNc1cc([N+](=O)[O-])ccc1NCCO)Nc1ccc(Cl)cn1. The Kier molecular flexibility index (Phi) is 6.49. The molecule has 0 aliphatic carbocycles. The van der Waals surface area contributed by atoms with Crippen molar-refractivity contribution in [3.63, 3.8) is 0 Å². The van der Waals surface area contributed by atoms with E-state index in [2.05, 4.69) is 20.9 Å². The number of aliphatic hydroxyl groups excluding tert-OH is 1. The molecule has 9 nitrogen and oxygen atoms in total. The third-order valence-electron chi connectivity index (χ3n) is 3.08. The van der Waals surface area contributed by atoms with E-state index < -0.39 is 4.92 Å². The summed E-state index contributed by atoms with van der Waals surface area (Å²) >= 11 is 5.72. The van der Waals surface area contributed by atoms with Crippen molar-refractivity contribution in [2.45, 2.75) is 0 Å². The summed E-state index contributed by atoms with van der Waals surface area (Å²) in [6.45, 7) is 0.0474. The molecule has 1 amide bonds. The second kappa shape index (κ2) is 8.81. The van der Waals surface area contributed by atoms with Crippen LogP contribution in [0.1, 0.15) is 0 Å². The van der Waals surface area contributed by atoms with Crippen molar-refractivity contribution in [2.24, 2.45) is 0 Å². The van der Waals surface area contributed by atoms with Gasteiger partial charge < -0.3 is 21.1 Å². The number of nitrogens with one attached hydrogen (secondary N) is 3. The third-order valence-corrected chi connectivity index (χ3v) is 3.30. The number of aliphatic hydroxyl groups is 1. The molecule has 1 heterocycles. The van der Waals surface area contributed by atoms with Crippen molar-refractivity contribution < 1.29 is 14.8 Å². The van der Waals surface area contributed by atoms with E-state index in [1.54, 1.807) is 12.1 Å². The Bertz CT molecular complexity index is 754. The Morgan fingerprint density at radius 2 is 2.04 bits per heavy atom. The molecule has 0 aliphatic heterocycles. The van der Waals surface area contributed by atoms with Gasteiger partial charge in [0.15, 0.2) is 0 Å². The Morgan fingerprint density at radius 3 is 2.68 bits per heavy atom. The van der Waals surface area contributed by atoms with Crippen LogP contribution in [0, 0.1) is 10.1 Å². The minimum atomic E-state index is -0.529. The lowest BCUT2D eigenvalue weighted by molar-refractivity contribution is -0.384. The molecular formula is C15H16ClN5O4. The molecule has 132 valence electrons. The standard InChI is InChI=1S/C15H16ClN5O4/c16-10-1-4-14(19-8-10)20-15(23)9-18-13-7-11(21(24)25)2-3-12(13)17-5-6-22/h1-4,7-8,17-18,22H,5-6,9H2,(H,19,20,23). The summed E-state index contributed by atoms with van der Waals surface area (Å²) in [4.78, 5) is 26.3. The Labute approximate surface area is 148 Å². The van der Waals surface area contributed by atoms with Crippen LogP contribution in [0.15, 0.2) is 36.5 Å². The maximum Gasteiger partial charge on any atom is 0.271 e. The van der Waals surface area contributed by atoms with Gasteiger partial charge in [-0.05, 0) is 18.2 Å². The van der Waals surface area contributed by atoms with Gasteiger partial charge in [0, 0.05) is 24.9 Å². The number of pyridine rings is 1. The Hall–Kier alpha value is -2.91. The normalized spacial score (nSPS) is 10.2. The van der Waals surface area contributed by atoms with E-state index >= 15 is 0 Å². The molecule has 2 aromatic rings. The summed E-state index contributed by atoms with van der Waals surface area (Å²) in [5, 5.41) is 28.6. The van der Waals surface area contributed by atoms with Crippen LogP contribution in [-0.4, -0.2) is 40.6 Å². The maximum atomic E-state index is 12.0. The lowest BCUT2D eigenvalue weighted by Gasteiger charge is -2.13. The zero-order chi connectivity index (χ0) is 18.2. The maximum absolute atomic E-state index is 12.0. The van der Waals surface area contributed by atoms with Crippen LogP contribution in [0.5, 0.6) is 0 Å². The van der Waals surface area contributed by atoms with Crippen LogP contribution in [0.3, 0.4) is 0 Å². The smallest absolute Gasteiger partial charge is 0.271 e. The predicted molar refractivity (Wildman–Crippen MR) is 95.0 cm³/mol. The zero-order valence-electron chi connectivity index (χ0n) is 13.0. The highest BCUT2D eigenvalue weighted by Gasteiger charge is 2.12. The molecule has 25 heavy (non-hydrogen) atoms. The molecule has 0 unspecified atom stereocenters. The molecule has 0 radical (unpaired) electrons. The fourth-order valence-corrected chi connectivity index (χ4v) is 2.06. The van der Waals surface area contributed by atoms with Crippen LogP contribution in [0.25, 0.3) is 0 Å². The number of nitro benzene ring substituents is 1. The molecule has 1 aromatic carbocycles. The molecule has 0 atom stereocenters. The highest BCUT2D eigenvalue weighted by Crippen LogP contribution is 2.26. The predicted octanol–water partition coefficient (Wildman–Crippen LogP) is 2.10. The van der Waals surface area contributed by atoms with Gasteiger partial charge in [0.25, 0.3) is 5.69 Å². The summed E-state index contributed by atoms with van der Waals surface area (Å²) in [7, 11) is 0. The summed E-state index contributed by atoms with van der Waals surface area (Å²) in [5.41, 5.74) is 0.802. The molecule has 0 saturated carbocycles. The molecule has 0 aliphatic rings. The fourth-order valence-electron chi connectivity index (χ4n) is 1.95. The zero-order valence-corrected chi connectivity index (χ0v) is 13.8. The second-order valence-corrected chi connectivity index (χ2v) is 5.34. The number of halogens is 1. The number of aromatic nitrogens is 1. The number of benzene rings is 1. The van der Waals surface area contributed by atoms with Gasteiger partial charge in [-0.3, -0.25) is 14.9 Å². The van der Waals surface area contributed by atoms with Gasteiger partial charge in [0.05, 0.1) is 34.5 Å². The van der Waals surface area contributed by atoms with Crippen LogP contribution in [-0.2, 0) is 4.79 Å². The number of carbonyl (C=O) groups excluding carboxylic acids is 1. The van der Waals surface area contributed by atoms with Gasteiger partial charge >= 0.3 is 0 Å². The van der Waals surface area contributed by atoms with E-state index in [4.69, 9.17) is 16.7 Å². The number of carbonyl (C=O) groups is 1. The van der Waals surface area contributed by atoms with Crippen LogP contribution < -0.4 is 16.0 Å². The van der Waals surface area contributed by atoms with E-state index in [1.165, 1.54) is 24.4 Å². The van der Waals surface area contributed by atoms with Gasteiger partial charge in [-0.2, -0.15) is 0 Å². The number of non-ortho nitro benzene ring substituents is 1. The average Bonchev–Trinajstić information content (AvgIpc) is 2.60. The minimum absolute atomic E-state index is 0.0981. The summed E-state index contributed by atoms with van der Waals surface area (Å²) in [6, 6.07) is 7.31. The average molecular weight is 366 g/mol. The molecule has 10 heteroatoms. The van der Waals surface area contributed by atoms with Gasteiger partial charge in [-0.1, -0.05) is 11.6 Å². The van der Waals surface area contributed by atoms with Gasteiger partial charge in [-0.25, -0.2) is 4.98 Å². The molecule has 0 fully saturated rings. The lowest BCUT2D eigenvalue weighted by Crippen LogP contribution is -2.22. The monoisotopic (exact) mass is 365 g/mol. The molecule has 0 saturated heterocycles.